The number of likely N-dealkylation sites (tertiary alicyclic amines) is 1. The molecule has 0 unspecified atom stereocenters. The van der Waals surface area contributed by atoms with Gasteiger partial charge < -0.3 is 14.5 Å². The lowest BCUT2D eigenvalue weighted by atomic mass is 9.63. The summed E-state index contributed by atoms with van der Waals surface area (Å²) < 4.78 is 6.08. The summed E-state index contributed by atoms with van der Waals surface area (Å²) in [6.45, 7) is 3.40. The molecule has 6 rings (SSSR count). The maximum absolute atomic E-state index is 12.9. The predicted octanol–water partition coefficient (Wildman–Crippen LogP) is 2.88. The smallest absolute Gasteiger partial charge is 0.311 e. The number of likely N-dealkylation sites (N-methyl/N-ethyl adjacent to an activating group) is 1. The van der Waals surface area contributed by atoms with Crippen LogP contribution in [0, 0.1) is 17.8 Å². The van der Waals surface area contributed by atoms with Gasteiger partial charge in [-0.15, -0.1) is 0 Å². The number of ether oxygens (including phenoxy) is 1. The van der Waals surface area contributed by atoms with E-state index in [0.29, 0.717) is 23.8 Å². The molecule has 3 saturated heterocycles. The number of hydrogen-bond acceptors (Lipinski definition) is 4. The van der Waals surface area contributed by atoms with Crippen LogP contribution in [0.4, 0.5) is 5.69 Å². The Labute approximate surface area is 150 Å². The molecule has 0 amide bonds. The molecule has 0 N–H and O–H groups in total. The summed E-state index contributed by atoms with van der Waals surface area (Å²) in [5.74, 6) is 1.72. The molecule has 4 heteroatoms. The zero-order chi connectivity index (χ0) is 17.3. The normalized spacial score (nSPS) is 42.4. The Kier molecular flexibility index (Phi) is 3.43. The van der Waals surface area contributed by atoms with Gasteiger partial charge in [-0.3, -0.25) is 4.79 Å². The number of fused-ring (bicyclic) bond motifs is 2. The van der Waals surface area contributed by atoms with Gasteiger partial charge in [0.05, 0.1) is 12.0 Å². The van der Waals surface area contributed by atoms with E-state index in [9.17, 15) is 4.79 Å². The summed E-state index contributed by atoms with van der Waals surface area (Å²) in [6.07, 6.45) is 3.31. The summed E-state index contributed by atoms with van der Waals surface area (Å²) in [7, 11) is 4.39. The van der Waals surface area contributed by atoms with Crippen molar-refractivity contribution in [3.05, 3.63) is 29.8 Å². The van der Waals surface area contributed by atoms with E-state index in [1.807, 2.05) is 0 Å². The van der Waals surface area contributed by atoms with Crippen molar-refractivity contribution in [1.82, 2.24) is 4.90 Å². The van der Waals surface area contributed by atoms with Crippen molar-refractivity contribution in [3.8, 4) is 0 Å². The Morgan fingerprint density at radius 2 is 2.00 bits per heavy atom. The van der Waals surface area contributed by atoms with Gasteiger partial charge in [-0.1, -0.05) is 31.5 Å². The second kappa shape index (κ2) is 5.47. The number of rotatable bonds is 1. The molecule has 134 valence electrons. The van der Waals surface area contributed by atoms with E-state index in [0.717, 1.165) is 25.8 Å². The maximum atomic E-state index is 12.9. The molecule has 1 aliphatic carbocycles. The van der Waals surface area contributed by atoms with Crippen LogP contribution >= 0.6 is 0 Å². The molecular formula is C21H28N2O2. The molecule has 5 aliphatic rings. The van der Waals surface area contributed by atoms with E-state index in [4.69, 9.17) is 4.74 Å². The minimum atomic E-state index is 0.0366. The standard InChI is InChI=1S/C21H28N2O2/c1-4-12-11-22(2)17-9-15-13-7-5-6-8-16(13)23(3)20(15)18-10-14(12)19(17)21(24)25-18/h5-8,12,14-15,17-20H,4,9-11H2,1-3H3/t12-,14+,15+,17+,18-,19+,20+/m1/s1. The van der Waals surface area contributed by atoms with Crippen molar-refractivity contribution in [2.24, 2.45) is 17.8 Å². The number of carbonyl (C=O) groups is 1. The third kappa shape index (κ3) is 2.06. The average Bonchev–Trinajstić information content (AvgIpc) is 2.87. The fraction of sp³-hybridized carbons (Fsp3) is 0.667. The molecule has 4 heterocycles. The van der Waals surface area contributed by atoms with E-state index < -0.39 is 0 Å². The van der Waals surface area contributed by atoms with E-state index in [1.54, 1.807) is 0 Å². The van der Waals surface area contributed by atoms with Gasteiger partial charge >= 0.3 is 5.97 Å². The van der Waals surface area contributed by atoms with Crippen molar-refractivity contribution in [2.45, 2.75) is 50.3 Å². The molecule has 0 aromatic heterocycles. The van der Waals surface area contributed by atoms with Crippen LogP contribution in [0.5, 0.6) is 0 Å². The number of carbonyl (C=O) groups excluding carboxylic acids is 1. The molecule has 1 aromatic carbocycles. The summed E-state index contributed by atoms with van der Waals surface area (Å²) in [5, 5.41) is 0. The highest BCUT2D eigenvalue weighted by atomic mass is 16.5. The van der Waals surface area contributed by atoms with Gasteiger partial charge in [-0.2, -0.15) is 0 Å². The van der Waals surface area contributed by atoms with Crippen LogP contribution in [-0.4, -0.2) is 49.7 Å². The van der Waals surface area contributed by atoms with Crippen molar-refractivity contribution >= 4 is 11.7 Å². The Hall–Kier alpha value is -1.55. The third-order valence-corrected chi connectivity index (χ3v) is 7.59. The molecule has 4 fully saturated rings. The fourth-order valence-electron chi connectivity index (χ4n) is 6.45. The summed E-state index contributed by atoms with van der Waals surface area (Å²) in [5.41, 5.74) is 2.77. The highest BCUT2D eigenvalue weighted by molar-refractivity contribution is 5.76. The highest BCUT2D eigenvalue weighted by Gasteiger charge is 2.57. The lowest BCUT2D eigenvalue weighted by Crippen LogP contribution is -2.63. The second-order valence-electron chi connectivity index (χ2n) is 8.58. The van der Waals surface area contributed by atoms with Crippen molar-refractivity contribution in [3.63, 3.8) is 0 Å². The largest absolute Gasteiger partial charge is 0.460 e. The van der Waals surface area contributed by atoms with Crippen LogP contribution < -0.4 is 4.90 Å². The average molecular weight is 340 g/mol. The zero-order valence-electron chi connectivity index (χ0n) is 15.4. The van der Waals surface area contributed by atoms with E-state index in [1.165, 1.54) is 11.3 Å². The third-order valence-electron chi connectivity index (χ3n) is 7.59. The predicted molar refractivity (Wildman–Crippen MR) is 97.7 cm³/mol. The van der Waals surface area contributed by atoms with Crippen LogP contribution in [0.2, 0.25) is 0 Å². The van der Waals surface area contributed by atoms with Crippen LogP contribution in [0.25, 0.3) is 0 Å². The quantitative estimate of drug-likeness (QED) is 0.736. The zero-order valence-corrected chi connectivity index (χ0v) is 15.4. The highest BCUT2D eigenvalue weighted by Crippen LogP contribution is 2.53. The topological polar surface area (TPSA) is 32.8 Å². The van der Waals surface area contributed by atoms with Gasteiger partial charge in [0.25, 0.3) is 0 Å². The van der Waals surface area contributed by atoms with Gasteiger partial charge in [-0.25, -0.2) is 0 Å². The van der Waals surface area contributed by atoms with Gasteiger partial charge in [0.2, 0.25) is 0 Å². The minimum absolute atomic E-state index is 0.0366. The number of para-hydroxylation sites is 1. The van der Waals surface area contributed by atoms with Gasteiger partial charge in [0, 0.05) is 31.2 Å². The molecule has 4 nitrogen and oxygen atoms in total. The van der Waals surface area contributed by atoms with Crippen LogP contribution in [0.1, 0.15) is 37.7 Å². The lowest BCUT2D eigenvalue weighted by Gasteiger charge is -2.55. The van der Waals surface area contributed by atoms with Crippen LogP contribution in [-0.2, 0) is 9.53 Å². The molecule has 1 saturated carbocycles. The Morgan fingerprint density at radius 1 is 1.20 bits per heavy atom. The molecule has 7 atom stereocenters. The van der Waals surface area contributed by atoms with Gasteiger partial charge in [0.15, 0.2) is 0 Å². The molecule has 4 bridgehead atoms. The number of nitrogens with zero attached hydrogens (tertiary/aromatic N) is 2. The first kappa shape index (κ1) is 15.7. The number of hydrogen-bond donors (Lipinski definition) is 0. The Balaban J connectivity index is 1.62. The Bertz CT molecular complexity index is 705. The van der Waals surface area contributed by atoms with E-state index in [2.05, 4.69) is 55.1 Å². The SMILES string of the molecule is CC[C@@H]1CN(C)[C@H]2C[C@H]3c4ccccc4N(C)[C@@H]3[C@H]3C[C@@H]1[C@@H]2C(=O)O3. The number of esters is 1. The first-order valence-electron chi connectivity index (χ1n) is 9.82. The Morgan fingerprint density at radius 3 is 2.80 bits per heavy atom. The first-order valence-corrected chi connectivity index (χ1v) is 9.82. The number of benzene rings is 1. The number of piperidine rings is 1. The molecule has 1 aromatic rings. The lowest BCUT2D eigenvalue weighted by molar-refractivity contribution is -0.183. The van der Waals surface area contributed by atoms with Crippen molar-refractivity contribution in [2.75, 3.05) is 25.5 Å². The number of anilines is 1. The van der Waals surface area contributed by atoms with Gasteiger partial charge in [-0.05, 0) is 43.4 Å². The van der Waals surface area contributed by atoms with E-state index >= 15 is 0 Å². The van der Waals surface area contributed by atoms with Crippen molar-refractivity contribution in [1.29, 1.82) is 0 Å². The summed E-state index contributed by atoms with van der Waals surface area (Å²) >= 11 is 0. The maximum Gasteiger partial charge on any atom is 0.311 e. The summed E-state index contributed by atoms with van der Waals surface area (Å²) in [6, 6.07) is 9.38. The monoisotopic (exact) mass is 340 g/mol. The van der Waals surface area contributed by atoms with Crippen LogP contribution in [0.15, 0.2) is 24.3 Å². The summed E-state index contributed by atoms with van der Waals surface area (Å²) in [4.78, 5) is 17.8. The first-order chi connectivity index (χ1) is 12.1. The molecular weight excluding hydrogens is 312 g/mol. The molecule has 0 radical (unpaired) electrons. The second-order valence-corrected chi connectivity index (χ2v) is 8.58. The fourth-order valence-corrected chi connectivity index (χ4v) is 6.45. The molecule has 25 heavy (non-hydrogen) atoms. The minimum Gasteiger partial charge on any atom is -0.460 e. The van der Waals surface area contributed by atoms with E-state index in [-0.39, 0.29) is 24.0 Å². The molecule has 4 aliphatic heterocycles. The van der Waals surface area contributed by atoms with Crippen LogP contribution in [0.3, 0.4) is 0 Å². The molecule has 0 spiro atoms. The van der Waals surface area contributed by atoms with Crippen molar-refractivity contribution < 1.29 is 9.53 Å². The van der Waals surface area contributed by atoms with Gasteiger partial charge in [0.1, 0.15) is 6.10 Å².